The van der Waals surface area contributed by atoms with Crippen molar-refractivity contribution >= 4 is 11.8 Å². The van der Waals surface area contributed by atoms with Gasteiger partial charge in [0.25, 0.3) is 0 Å². The highest BCUT2D eigenvalue weighted by molar-refractivity contribution is 5.99. The second-order valence-corrected chi connectivity index (χ2v) is 3.64. The Morgan fingerprint density at radius 3 is 3.00 bits per heavy atom. The zero-order valence-corrected chi connectivity index (χ0v) is 8.78. The van der Waals surface area contributed by atoms with E-state index in [0.29, 0.717) is 19.6 Å². The van der Waals surface area contributed by atoms with Gasteiger partial charge >= 0.3 is 5.97 Å². The Balaban J connectivity index is 2.62. The number of hydrogen-bond donors (Lipinski definition) is 0. The SMILES string of the molecule is CCOC(=O)C1CN(C)CCCC1=O. The molecule has 1 aliphatic rings. The van der Waals surface area contributed by atoms with Crippen LogP contribution >= 0.6 is 0 Å². The first-order chi connectivity index (χ1) is 6.65. The van der Waals surface area contributed by atoms with Gasteiger partial charge in [-0.05, 0) is 26.9 Å². The normalized spacial score (nSPS) is 24.4. The van der Waals surface area contributed by atoms with Crippen LogP contribution in [-0.4, -0.2) is 43.4 Å². The predicted molar refractivity (Wildman–Crippen MR) is 51.9 cm³/mol. The molecule has 1 unspecified atom stereocenters. The van der Waals surface area contributed by atoms with E-state index < -0.39 is 5.92 Å². The third-order valence-electron chi connectivity index (χ3n) is 2.42. The van der Waals surface area contributed by atoms with Gasteiger partial charge in [-0.2, -0.15) is 0 Å². The van der Waals surface area contributed by atoms with Crippen molar-refractivity contribution in [2.75, 3.05) is 26.7 Å². The van der Waals surface area contributed by atoms with Crippen molar-refractivity contribution in [3.8, 4) is 0 Å². The molecule has 0 aromatic rings. The molecule has 0 bridgehead atoms. The van der Waals surface area contributed by atoms with E-state index in [1.54, 1.807) is 6.92 Å². The van der Waals surface area contributed by atoms with E-state index in [-0.39, 0.29) is 11.8 Å². The zero-order chi connectivity index (χ0) is 10.6. The maximum Gasteiger partial charge on any atom is 0.317 e. The summed E-state index contributed by atoms with van der Waals surface area (Å²) in [6.45, 7) is 3.47. The third-order valence-corrected chi connectivity index (χ3v) is 2.42. The maximum atomic E-state index is 11.5. The molecule has 1 atom stereocenters. The highest BCUT2D eigenvalue weighted by Crippen LogP contribution is 2.13. The van der Waals surface area contributed by atoms with Gasteiger partial charge in [0, 0.05) is 13.0 Å². The molecule has 0 aromatic carbocycles. The second-order valence-electron chi connectivity index (χ2n) is 3.64. The van der Waals surface area contributed by atoms with Crippen LogP contribution in [0.3, 0.4) is 0 Å². The van der Waals surface area contributed by atoms with Gasteiger partial charge in [0.2, 0.25) is 0 Å². The highest BCUT2D eigenvalue weighted by Gasteiger charge is 2.30. The standard InChI is InChI=1S/C10H17NO3/c1-3-14-10(13)8-7-11(2)6-4-5-9(8)12/h8H,3-7H2,1-2H3. The summed E-state index contributed by atoms with van der Waals surface area (Å²) in [4.78, 5) is 25.0. The first-order valence-corrected chi connectivity index (χ1v) is 5.03. The Labute approximate surface area is 84.2 Å². The number of Topliss-reactive ketones (excluding diaryl/α,β-unsaturated/α-hetero) is 1. The van der Waals surface area contributed by atoms with Gasteiger partial charge < -0.3 is 9.64 Å². The van der Waals surface area contributed by atoms with E-state index in [4.69, 9.17) is 4.74 Å². The van der Waals surface area contributed by atoms with Gasteiger partial charge in [-0.3, -0.25) is 9.59 Å². The Bertz CT molecular complexity index is 227. The Kier molecular flexibility index (Phi) is 4.07. The zero-order valence-electron chi connectivity index (χ0n) is 8.78. The van der Waals surface area contributed by atoms with Gasteiger partial charge in [0.1, 0.15) is 11.7 Å². The summed E-state index contributed by atoms with van der Waals surface area (Å²) in [5.41, 5.74) is 0. The van der Waals surface area contributed by atoms with Crippen molar-refractivity contribution < 1.29 is 14.3 Å². The molecule has 1 saturated heterocycles. The predicted octanol–water partition coefficient (Wildman–Crippen LogP) is 0.460. The van der Waals surface area contributed by atoms with Crippen LogP contribution in [0.25, 0.3) is 0 Å². The van der Waals surface area contributed by atoms with E-state index in [1.165, 1.54) is 0 Å². The van der Waals surface area contributed by atoms with Gasteiger partial charge in [-0.25, -0.2) is 0 Å². The number of nitrogens with zero attached hydrogens (tertiary/aromatic N) is 1. The quantitative estimate of drug-likeness (QED) is 0.479. The number of carbonyl (C=O) groups excluding carboxylic acids is 2. The minimum absolute atomic E-state index is 0.0211. The lowest BCUT2D eigenvalue weighted by Gasteiger charge is -2.17. The van der Waals surface area contributed by atoms with Crippen LogP contribution in [0.2, 0.25) is 0 Å². The van der Waals surface area contributed by atoms with Crippen molar-refractivity contribution in [2.24, 2.45) is 5.92 Å². The molecule has 1 fully saturated rings. The molecule has 0 spiro atoms. The fraction of sp³-hybridized carbons (Fsp3) is 0.800. The summed E-state index contributed by atoms with van der Waals surface area (Å²) in [6, 6.07) is 0. The van der Waals surface area contributed by atoms with Gasteiger partial charge in [-0.1, -0.05) is 0 Å². The van der Waals surface area contributed by atoms with Crippen molar-refractivity contribution in [1.29, 1.82) is 0 Å². The molecule has 0 N–H and O–H groups in total. The molecule has 0 aromatic heterocycles. The van der Waals surface area contributed by atoms with Crippen LogP contribution in [0.15, 0.2) is 0 Å². The number of ether oxygens (including phenoxy) is 1. The Morgan fingerprint density at radius 2 is 2.36 bits per heavy atom. The lowest BCUT2D eigenvalue weighted by atomic mass is 10.0. The number of likely N-dealkylation sites (tertiary alicyclic amines) is 1. The minimum Gasteiger partial charge on any atom is -0.465 e. The Hall–Kier alpha value is -0.900. The van der Waals surface area contributed by atoms with Crippen LogP contribution in [-0.2, 0) is 14.3 Å². The van der Waals surface area contributed by atoms with E-state index >= 15 is 0 Å². The van der Waals surface area contributed by atoms with Crippen LogP contribution in [0.4, 0.5) is 0 Å². The molecule has 1 rings (SSSR count). The van der Waals surface area contributed by atoms with Crippen molar-refractivity contribution in [1.82, 2.24) is 4.90 Å². The van der Waals surface area contributed by atoms with E-state index in [1.807, 2.05) is 11.9 Å². The number of carbonyl (C=O) groups is 2. The van der Waals surface area contributed by atoms with E-state index in [9.17, 15) is 9.59 Å². The fourth-order valence-corrected chi connectivity index (χ4v) is 1.65. The number of rotatable bonds is 2. The summed E-state index contributed by atoms with van der Waals surface area (Å²) in [6.07, 6.45) is 1.33. The van der Waals surface area contributed by atoms with Crippen molar-refractivity contribution in [3.05, 3.63) is 0 Å². The van der Waals surface area contributed by atoms with Gasteiger partial charge in [0.05, 0.1) is 6.61 Å². The smallest absolute Gasteiger partial charge is 0.317 e. The number of esters is 1. The van der Waals surface area contributed by atoms with Crippen molar-refractivity contribution in [3.63, 3.8) is 0 Å². The van der Waals surface area contributed by atoms with E-state index in [0.717, 1.165) is 13.0 Å². The molecule has 0 saturated carbocycles. The summed E-state index contributed by atoms with van der Waals surface area (Å²) in [5.74, 6) is -0.915. The number of hydrogen-bond acceptors (Lipinski definition) is 4. The summed E-state index contributed by atoms with van der Waals surface area (Å²) in [5, 5.41) is 0. The number of ketones is 1. The molecule has 1 heterocycles. The average Bonchev–Trinajstić information content (AvgIpc) is 2.29. The molecular formula is C10H17NO3. The molecule has 4 heteroatoms. The van der Waals surface area contributed by atoms with Crippen LogP contribution < -0.4 is 0 Å². The van der Waals surface area contributed by atoms with Gasteiger partial charge in [-0.15, -0.1) is 0 Å². The topological polar surface area (TPSA) is 46.6 Å². The minimum atomic E-state index is -0.567. The van der Waals surface area contributed by atoms with Crippen LogP contribution in [0.1, 0.15) is 19.8 Å². The molecular weight excluding hydrogens is 182 g/mol. The summed E-state index contributed by atoms with van der Waals surface area (Å²) in [7, 11) is 1.92. The lowest BCUT2D eigenvalue weighted by Crippen LogP contribution is -2.34. The Morgan fingerprint density at radius 1 is 1.64 bits per heavy atom. The molecule has 14 heavy (non-hydrogen) atoms. The molecule has 0 radical (unpaired) electrons. The molecule has 0 amide bonds. The maximum absolute atomic E-state index is 11.5. The van der Waals surface area contributed by atoms with Crippen molar-refractivity contribution in [2.45, 2.75) is 19.8 Å². The van der Waals surface area contributed by atoms with E-state index in [2.05, 4.69) is 0 Å². The molecule has 1 aliphatic heterocycles. The first kappa shape index (κ1) is 11.2. The average molecular weight is 199 g/mol. The summed E-state index contributed by atoms with van der Waals surface area (Å²) < 4.78 is 4.87. The third kappa shape index (κ3) is 2.80. The second kappa shape index (κ2) is 5.10. The summed E-state index contributed by atoms with van der Waals surface area (Å²) >= 11 is 0. The molecule has 0 aliphatic carbocycles. The first-order valence-electron chi connectivity index (χ1n) is 5.03. The molecule has 4 nitrogen and oxygen atoms in total. The van der Waals surface area contributed by atoms with Crippen LogP contribution in [0, 0.1) is 5.92 Å². The lowest BCUT2D eigenvalue weighted by molar-refractivity contribution is -0.151. The fourth-order valence-electron chi connectivity index (χ4n) is 1.65. The van der Waals surface area contributed by atoms with Gasteiger partial charge in [0.15, 0.2) is 0 Å². The monoisotopic (exact) mass is 199 g/mol. The molecule has 80 valence electrons. The largest absolute Gasteiger partial charge is 0.465 e. The van der Waals surface area contributed by atoms with Crippen LogP contribution in [0.5, 0.6) is 0 Å². The highest BCUT2D eigenvalue weighted by atomic mass is 16.5.